The van der Waals surface area contributed by atoms with Crippen LogP contribution in [0.5, 0.6) is 0 Å². The zero-order valence-corrected chi connectivity index (χ0v) is 14.0. The van der Waals surface area contributed by atoms with Gasteiger partial charge in [0.15, 0.2) is 0 Å². The first-order chi connectivity index (χ1) is 10.6. The maximum Gasteiger partial charge on any atom is 0.270 e. The molecule has 3 heterocycles. The number of nitrogens with zero attached hydrogens (tertiary/aromatic N) is 1. The first kappa shape index (κ1) is 13.9. The van der Waals surface area contributed by atoms with Gasteiger partial charge in [0.05, 0.1) is 10.5 Å². The minimum Gasteiger partial charge on any atom is -0.357 e. The third-order valence-electron chi connectivity index (χ3n) is 4.12. The summed E-state index contributed by atoms with van der Waals surface area (Å²) in [7, 11) is 0. The molecule has 0 fully saturated rings. The molecule has 22 heavy (non-hydrogen) atoms. The summed E-state index contributed by atoms with van der Waals surface area (Å²) in [4.78, 5) is 20.8. The fourth-order valence-corrected chi connectivity index (χ4v) is 3.67. The largest absolute Gasteiger partial charge is 0.357 e. The molecule has 6 heteroatoms. The van der Waals surface area contributed by atoms with Crippen molar-refractivity contribution in [2.75, 3.05) is 6.54 Å². The van der Waals surface area contributed by atoms with Crippen molar-refractivity contribution < 1.29 is 4.79 Å². The van der Waals surface area contributed by atoms with Gasteiger partial charge < -0.3 is 14.9 Å². The number of nitrogens with one attached hydrogen (secondary N) is 2. The standard InChI is InChI=1S/C16H13BrClN3O/c17-12-3-1-2-10-11-8-21(5-4-13(11)20-15(10)12)16(22)14-6-9(18)7-19-14/h1-3,6-7,19-20H,4-5,8H2. The van der Waals surface area contributed by atoms with Crippen LogP contribution < -0.4 is 0 Å². The minimum atomic E-state index is -0.0121. The number of aromatic amines is 2. The third kappa shape index (κ3) is 2.16. The van der Waals surface area contributed by atoms with Gasteiger partial charge in [-0.25, -0.2) is 0 Å². The Morgan fingerprint density at radius 2 is 2.23 bits per heavy atom. The molecule has 2 N–H and O–H groups in total. The van der Waals surface area contributed by atoms with E-state index in [0.717, 1.165) is 16.4 Å². The number of halogens is 2. The number of hydrogen-bond donors (Lipinski definition) is 2. The second kappa shape index (κ2) is 5.18. The summed E-state index contributed by atoms with van der Waals surface area (Å²) in [5, 5.41) is 1.73. The fourth-order valence-electron chi connectivity index (χ4n) is 3.04. The number of fused-ring (bicyclic) bond motifs is 3. The molecule has 4 rings (SSSR count). The number of rotatable bonds is 1. The molecule has 2 aromatic heterocycles. The van der Waals surface area contributed by atoms with Crippen LogP contribution in [0.25, 0.3) is 10.9 Å². The van der Waals surface area contributed by atoms with E-state index in [-0.39, 0.29) is 5.91 Å². The van der Waals surface area contributed by atoms with Crippen LogP contribution >= 0.6 is 27.5 Å². The highest BCUT2D eigenvalue weighted by atomic mass is 79.9. The van der Waals surface area contributed by atoms with E-state index < -0.39 is 0 Å². The van der Waals surface area contributed by atoms with Crippen LogP contribution in [-0.2, 0) is 13.0 Å². The van der Waals surface area contributed by atoms with E-state index in [1.807, 2.05) is 17.0 Å². The monoisotopic (exact) mass is 377 g/mol. The summed E-state index contributed by atoms with van der Waals surface area (Å²) >= 11 is 9.47. The van der Waals surface area contributed by atoms with Crippen LogP contribution in [0, 0.1) is 0 Å². The highest BCUT2D eigenvalue weighted by Gasteiger charge is 2.25. The van der Waals surface area contributed by atoms with Gasteiger partial charge in [-0.05, 0) is 28.1 Å². The second-order valence-corrected chi connectivity index (χ2v) is 6.74. The molecule has 0 saturated carbocycles. The molecule has 0 aliphatic carbocycles. The maximum atomic E-state index is 12.6. The Bertz CT molecular complexity index is 883. The summed E-state index contributed by atoms with van der Waals surface area (Å²) in [6, 6.07) is 7.81. The number of carbonyl (C=O) groups is 1. The van der Waals surface area contributed by atoms with Crippen molar-refractivity contribution in [3.8, 4) is 0 Å². The number of amides is 1. The molecule has 0 unspecified atom stereocenters. The molecule has 1 aliphatic heterocycles. The van der Waals surface area contributed by atoms with Gasteiger partial charge in [0.25, 0.3) is 5.91 Å². The molecule has 3 aromatic rings. The van der Waals surface area contributed by atoms with Crippen molar-refractivity contribution in [1.29, 1.82) is 0 Å². The zero-order chi connectivity index (χ0) is 15.3. The maximum absolute atomic E-state index is 12.6. The van der Waals surface area contributed by atoms with Gasteiger partial charge in [0.2, 0.25) is 0 Å². The Kier molecular flexibility index (Phi) is 3.27. The van der Waals surface area contributed by atoms with Crippen molar-refractivity contribution in [2.45, 2.75) is 13.0 Å². The van der Waals surface area contributed by atoms with Crippen LogP contribution in [0.4, 0.5) is 0 Å². The van der Waals surface area contributed by atoms with Crippen LogP contribution in [0.3, 0.4) is 0 Å². The Balaban J connectivity index is 1.70. The Labute approximate surface area is 140 Å². The average Bonchev–Trinajstić information content (AvgIpc) is 3.11. The zero-order valence-electron chi connectivity index (χ0n) is 11.6. The van der Waals surface area contributed by atoms with Crippen LogP contribution in [0.1, 0.15) is 21.7 Å². The molecule has 1 aromatic carbocycles. The van der Waals surface area contributed by atoms with Crippen molar-refractivity contribution in [3.63, 3.8) is 0 Å². The van der Waals surface area contributed by atoms with Crippen LogP contribution in [-0.4, -0.2) is 27.3 Å². The predicted octanol–water partition coefficient (Wildman–Crippen LogP) is 4.11. The first-order valence-electron chi connectivity index (χ1n) is 7.04. The number of H-pyrrole nitrogens is 2. The van der Waals surface area contributed by atoms with E-state index in [1.54, 1.807) is 12.3 Å². The lowest BCUT2D eigenvalue weighted by Crippen LogP contribution is -2.35. The fraction of sp³-hybridized carbons (Fsp3) is 0.188. The van der Waals surface area contributed by atoms with Gasteiger partial charge in [-0.15, -0.1) is 0 Å². The predicted molar refractivity (Wildman–Crippen MR) is 90.2 cm³/mol. The normalized spacial score (nSPS) is 14.4. The van der Waals surface area contributed by atoms with Crippen LogP contribution in [0.15, 0.2) is 34.9 Å². The molecule has 0 atom stereocenters. The summed E-state index contributed by atoms with van der Waals surface area (Å²) in [6.45, 7) is 1.31. The highest BCUT2D eigenvalue weighted by Crippen LogP contribution is 2.32. The summed E-state index contributed by atoms with van der Waals surface area (Å²) in [5.74, 6) is -0.0121. The number of aromatic nitrogens is 2. The third-order valence-corrected chi connectivity index (χ3v) is 5.00. The molecule has 0 spiro atoms. The van der Waals surface area contributed by atoms with E-state index in [1.165, 1.54) is 16.6 Å². The topological polar surface area (TPSA) is 51.9 Å². The van der Waals surface area contributed by atoms with E-state index >= 15 is 0 Å². The second-order valence-electron chi connectivity index (χ2n) is 5.45. The molecular formula is C16H13BrClN3O. The summed E-state index contributed by atoms with van der Waals surface area (Å²) in [6.07, 6.45) is 2.46. The van der Waals surface area contributed by atoms with E-state index in [9.17, 15) is 4.79 Å². The van der Waals surface area contributed by atoms with Gasteiger partial charge in [0.1, 0.15) is 5.69 Å². The van der Waals surface area contributed by atoms with Crippen molar-refractivity contribution in [3.05, 3.63) is 56.9 Å². The average molecular weight is 379 g/mol. The number of benzene rings is 1. The molecule has 0 radical (unpaired) electrons. The smallest absolute Gasteiger partial charge is 0.270 e. The van der Waals surface area contributed by atoms with E-state index in [4.69, 9.17) is 11.6 Å². The molecule has 4 nitrogen and oxygen atoms in total. The van der Waals surface area contributed by atoms with Gasteiger partial charge in [-0.3, -0.25) is 4.79 Å². The van der Waals surface area contributed by atoms with E-state index in [0.29, 0.717) is 23.8 Å². The summed E-state index contributed by atoms with van der Waals surface area (Å²) in [5.41, 5.74) is 4.06. The number of carbonyl (C=O) groups excluding carboxylic acids is 1. The van der Waals surface area contributed by atoms with Crippen molar-refractivity contribution in [1.82, 2.24) is 14.9 Å². The molecule has 112 valence electrons. The van der Waals surface area contributed by atoms with Crippen molar-refractivity contribution >= 4 is 44.3 Å². The van der Waals surface area contributed by atoms with E-state index in [2.05, 4.69) is 32.0 Å². The van der Waals surface area contributed by atoms with Gasteiger partial charge >= 0.3 is 0 Å². The van der Waals surface area contributed by atoms with Gasteiger partial charge in [-0.1, -0.05) is 23.7 Å². The first-order valence-corrected chi connectivity index (χ1v) is 8.21. The SMILES string of the molecule is O=C(c1cc(Cl)c[nH]1)N1CCc2[nH]c3c(Br)cccc3c2C1. The molecule has 0 saturated heterocycles. The number of para-hydroxylation sites is 1. The quantitative estimate of drug-likeness (QED) is 0.658. The van der Waals surface area contributed by atoms with Crippen molar-refractivity contribution in [2.24, 2.45) is 0 Å². The van der Waals surface area contributed by atoms with Gasteiger partial charge in [-0.2, -0.15) is 0 Å². The van der Waals surface area contributed by atoms with Gasteiger partial charge in [0, 0.05) is 46.8 Å². The lowest BCUT2D eigenvalue weighted by molar-refractivity contribution is 0.0730. The Morgan fingerprint density at radius 3 is 3.00 bits per heavy atom. The Hall–Kier alpha value is -1.72. The summed E-state index contributed by atoms with van der Waals surface area (Å²) < 4.78 is 1.05. The molecule has 1 amide bonds. The Morgan fingerprint density at radius 1 is 1.36 bits per heavy atom. The minimum absolute atomic E-state index is 0.0121. The molecular weight excluding hydrogens is 366 g/mol. The lowest BCUT2D eigenvalue weighted by Gasteiger charge is -2.26. The van der Waals surface area contributed by atoms with Crippen LogP contribution in [0.2, 0.25) is 5.02 Å². The number of hydrogen-bond acceptors (Lipinski definition) is 1. The molecule has 1 aliphatic rings. The highest BCUT2D eigenvalue weighted by molar-refractivity contribution is 9.10. The molecule has 0 bridgehead atoms. The lowest BCUT2D eigenvalue weighted by atomic mass is 10.0.